The highest BCUT2D eigenvalue weighted by atomic mass is 19.2. The quantitative estimate of drug-likeness (QED) is 0.743. The van der Waals surface area contributed by atoms with Crippen molar-refractivity contribution in [2.45, 2.75) is 31.1 Å². The van der Waals surface area contributed by atoms with Crippen molar-refractivity contribution in [2.24, 2.45) is 0 Å². The van der Waals surface area contributed by atoms with Crippen molar-refractivity contribution in [2.75, 3.05) is 7.11 Å². The molecule has 1 aliphatic rings. The van der Waals surface area contributed by atoms with Crippen molar-refractivity contribution in [1.82, 2.24) is 0 Å². The molecule has 0 amide bonds. The SMILES string of the molecule is COC(=O)C1(c2cccc(F)c2F)CCCC1. The second-order valence-electron chi connectivity index (χ2n) is 4.38. The number of methoxy groups -OCH3 is 1. The highest BCUT2D eigenvalue weighted by molar-refractivity contribution is 5.83. The molecular weight excluding hydrogens is 226 g/mol. The Morgan fingerprint density at radius 3 is 2.53 bits per heavy atom. The van der Waals surface area contributed by atoms with Crippen LogP contribution in [0.25, 0.3) is 0 Å². The molecule has 0 atom stereocenters. The molecule has 0 spiro atoms. The van der Waals surface area contributed by atoms with E-state index in [1.807, 2.05) is 0 Å². The van der Waals surface area contributed by atoms with Crippen LogP contribution in [0.3, 0.4) is 0 Å². The van der Waals surface area contributed by atoms with Crippen LogP contribution in [0.15, 0.2) is 18.2 Å². The third-order valence-corrected chi connectivity index (χ3v) is 3.50. The fraction of sp³-hybridized carbons (Fsp3) is 0.462. The van der Waals surface area contributed by atoms with Gasteiger partial charge in [-0.2, -0.15) is 0 Å². The van der Waals surface area contributed by atoms with Crippen molar-refractivity contribution in [3.05, 3.63) is 35.4 Å². The van der Waals surface area contributed by atoms with Crippen LogP contribution in [0.5, 0.6) is 0 Å². The molecular formula is C13H14F2O2. The standard InChI is InChI=1S/C13H14F2O2/c1-17-12(16)13(7-2-3-8-13)9-5-4-6-10(14)11(9)15/h4-6H,2-3,7-8H2,1H3. The van der Waals surface area contributed by atoms with Crippen LogP contribution < -0.4 is 0 Å². The lowest BCUT2D eigenvalue weighted by atomic mass is 9.78. The molecule has 0 saturated heterocycles. The molecule has 1 aromatic carbocycles. The minimum atomic E-state index is -0.999. The van der Waals surface area contributed by atoms with Gasteiger partial charge in [0, 0.05) is 5.56 Å². The van der Waals surface area contributed by atoms with Gasteiger partial charge in [-0.15, -0.1) is 0 Å². The van der Waals surface area contributed by atoms with Crippen LogP contribution in [-0.2, 0) is 14.9 Å². The maximum Gasteiger partial charge on any atom is 0.316 e. The summed E-state index contributed by atoms with van der Waals surface area (Å²) in [5.41, 5.74) is -0.872. The first-order chi connectivity index (χ1) is 8.12. The summed E-state index contributed by atoms with van der Waals surface area (Å²) in [6.45, 7) is 0. The average molecular weight is 240 g/mol. The minimum absolute atomic E-state index is 0.127. The monoisotopic (exact) mass is 240 g/mol. The van der Waals surface area contributed by atoms with Gasteiger partial charge in [0.25, 0.3) is 0 Å². The molecule has 17 heavy (non-hydrogen) atoms. The number of rotatable bonds is 2. The lowest BCUT2D eigenvalue weighted by Crippen LogP contribution is -2.35. The van der Waals surface area contributed by atoms with Gasteiger partial charge >= 0.3 is 5.97 Å². The van der Waals surface area contributed by atoms with Crippen LogP contribution in [-0.4, -0.2) is 13.1 Å². The Hall–Kier alpha value is -1.45. The molecule has 0 unspecified atom stereocenters. The normalized spacial score (nSPS) is 18.1. The van der Waals surface area contributed by atoms with Crippen LogP contribution >= 0.6 is 0 Å². The predicted octanol–water partition coefficient (Wildman–Crippen LogP) is 2.95. The Balaban J connectivity index is 2.53. The third kappa shape index (κ3) is 1.81. The summed E-state index contributed by atoms with van der Waals surface area (Å²) in [7, 11) is 1.28. The molecule has 92 valence electrons. The molecule has 0 radical (unpaired) electrons. The van der Waals surface area contributed by atoms with Gasteiger partial charge in [-0.05, 0) is 18.9 Å². The Labute approximate surface area is 98.6 Å². The number of halogens is 2. The van der Waals surface area contributed by atoms with E-state index in [1.165, 1.54) is 19.2 Å². The first-order valence-corrected chi connectivity index (χ1v) is 5.65. The zero-order chi connectivity index (χ0) is 12.5. The molecule has 1 fully saturated rings. The molecule has 2 rings (SSSR count). The van der Waals surface area contributed by atoms with E-state index in [-0.39, 0.29) is 5.56 Å². The fourth-order valence-corrected chi connectivity index (χ4v) is 2.63. The highest BCUT2D eigenvalue weighted by Gasteiger charge is 2.45. The molecule has 1 aromatic rings. The Morgan fingerprint density at radius 2 is 1.94 bits per heavy atom. The summed E-state index contributed by atoms with van der Waals surface area (Å²) in [5, 5.41) is 0. The van der Waals surface area contributed by atoms with E-state index in [9.17, 15) is 13.6 Å². The Kier molecular flexibility index (Phi) is 3.13. The molecule has 0 aliphatic heterocycles. The summed E-state index contributed by atoms with van der Waals surface area (Å²) in [6.07, 6.45) is 2.68. The molecule has 0 heterocycles. The number of ether oxygens (including phenoxy) is 1. The Morgan fingerprint density at radius 1 is 1.29 bits per heavy atom. The van der Waals surface area contributed by atoms with E-state index in [0.717, 1.165) is 18.9 Å². The maximum absolute atomic E-state index is 13.8. The second-order valence-corrected chi connectivity index (χ2v) is 4.38. The largest absolute Gasteiger partial charge is 0.468 e. The fourth-order valence-electron chi connectivity index (χ4n) is 2.63. The predicted molar refractivity (Wildman–Crippen MR) is 58.5 cm³/mol. The van der Waals surface area contributed by atoms with Crippen LogP contribution in [0.1, 0.15) is 31.2 Å². The number of carbonyl (C=O) groups is 1. The van der Waals surface area contributed by atoms with Crippen molar-refractivity contribution < 1.29 is 18.3 Å². The zero-order valence-corrected chi connectivity index (χ0v) is 9.63. The van der Waals surface area contributed by atoms with Gasteiger partial charge in [-0.1, -0.05) is 25.0 Å². The van der Waals surface area contributed by atoms with E-state index < -0.39 is 23.0 Å². The molecule has 0 bridgehead atoms. The lowest BCUT2D eigenvalue weighted by Gasteiger charge is -2.26. The van der Waals surface area contributed by atoms with Gasteiger partial charge in [0.2, 0.25) is 0 Å². The average Bonchev–Trinajstić information content (AvgIpc) is 2.82. The van der Waals surface area contributed by atoms with E-state index >= 15 is 0 Å². The summed E-state index contributed by atoms with van der Waals surface area (Å²) >= 11 is 0. The number of hydrogen-bond donors (Lipinski definition) is 0. The second kappa shape index (κ2) is 4.43. The number of benzene rings is 1. The lowest BCUT2D eigenvalue weighted by molar-refractivity contribution is -0.147. The molecule has 4 heteroatoms. The zero-order valence-electron chi connectivity index (χ0n) is 9.63. The van der Waals surface area contributed by atoms with Crippen molar-refractivity contribution in [3.8, 4) is 0 Å². The topological polar surface area (TPSA) is 26.3 Å². The van der Waals surface area contributed by atoms with E-state index in [1.54, 1.807) is 0 Å². The van der Waals surface area contributed by atoms with E-state index in [2.05, 4.69) is 0 Å². The van der Waals surface area contributed by atoms with Crippen LogP contribution in [0.4, 0.5) is 8.78 Å². The van der Waals surface area contributed by atoms with Gasteiger partial charge in [-0.25, -0.2) is 8.78 Å². The van der Waals surface area contributed by atoms with Crippen molar-refractivity contribution >= 4 is 5.97 Å². The first kappa shape index (κ1) is 12.0. The summed E-state index contributed by atoms with van der Waals surface area (Å²) < 4.78 is 31.8. The molecule has 1 aliphatic carbocycles. The molecule has 0 aromatic heterocycles. The van der Waals surface area contributed by atoms with Crippen LogP contribution in [0, 0.1) is 11.6 Å². The van der Waals surface area contributed by atoms with Crippen molar-refractivity contribution in [1.29, 1.82) is 0 Å². The highest BCUT2D eigenvalue weighted by Crippen LogP contribution is 2.43. The van der Waals surface area contributed by atoms with Gasteiger partial charge in [-0.3, -0.25) is 4.79 Å². The smallest absolute Gasteiger partial charge is 0.316 e. The van der Waals surface area contributed by atoms with Crippen molar-refractivity contribution in [3.63, 3.8) is 0 Å². The molecule has 2 nitrogen and oxygen atoms in total. The molecule has 1 saturated carbocycles. The number of carbonyl (C=O) groups excluding carboxylic acids is 1. The van der Waals surface area contributed by atoms with Gasteiger partial charge in [0.15, 0.2) is 11.6 Å². The maximum atomic E-state index is 13.8. The van der Waals surface area contributed by atoms with Gasteiger partial charge < -0.3 is 4.74 Å². The van der Waals surface area contributed by atoms with Crippen LogP contribution in [0.2, 0.25) is 0 Å². The minimum Gasteiger partial charge on any atom is -0.468 e. The van der Waals surface area contributed by atoms with Gasteiger partial charge in [0.05, 0.1) is 12.5 Å². The number of hydrogen-bond acceptors (Lipinski definition) is 2. The summed E-state index contributed by atoms with van der Waals surface area (Å²) in [5.74, 6) is -2.32. The third-order valence-electron chi connectivity index (χ3n) is 3.50. The molecule has 0 N–H and O–H groups in total. The van der Waals surface area contributed by atoms with E-state index in [0.29, 0.717) is 12.8 Å². The van der Waals surface area contributed by atoms with Gasteiger partial charge in [0.1, 0.15) is 0 Å². The Bertz CT molecular complexity index is 437. The van der Waals surface area contributed by atoms with E-state index in [4.69, 9.17) is 4.74 Å². The first-order valence-electron chi connectivity index (χ1n) is 5.65. The summed E-state index contributed by atoms with van der Waals surface area (Å²) in [6, 6.07) is 3.95. The summed E-state index contributed by atoms with van der Waals surface area (Å²) in [4.78, 5) is 11.9. The number of esters is 1.